The highest BCUT2D eigenvalue weighted by Crippen LogP contribution is 2.32. The Labute approximate surface area is 176 Å². The maximum absolute atomic E-state index is 13.0. The number of nitro benzene ring substituents is 1. The van der Waals surface area contributed by atoms with Crippen LogP contribution in [0.25, 0.3) is 0 Å². The molecule has 9 heteroatoms. The predicted molar refractivity (Wildman–Crippen MR) is 115 cm³/mol. The zero-order valence-electron chi connectivity index (χ0n) is 17.2. The molecule has 0 bridgehead atoms. The second-order valence-corrected chi connectivity index (χ2v) is 9.60. The van der Waals surface area contributed by atoms with Gasteiger partial charge in [0.2, 0.25) is 0 Å². The maximum Gasteiger partial charge on any atom is 0.293 e. The Hall–Kier alpha value is -2.94. The van der Waals surface area contributed by atoms with E-state index in [2.05, 4.69) is 0 Å². The van der Waals surface area contributed by atoms with E-state index in [1.54, 1.807) is 31.3 Å². The Bertz CT molecular complexity index is 1060. The average Bonchev–Trinajstić information content (AvgIpc) is 3.25. The quantitative estimate of drug-likeness (QED) is 0.513. The molecule has 0 N–H and O–H groups in total. The summed E-state index contributed by atoms with van der Waals surface area (Å²) < 4.78 is 23.3. The van der Waals surface area contributed by atoms with E-state index in [0.29, 0.717) is 5.69 Å². The van der Waals surface area contributed by atoms with Crippen molar-refractivity contribution < 1.29 is 18.1 Å². The van der Waals surface area contributed by atoms with Gasteiger partial charge in [-0.25, -0.2) is 8.42 Å². The van der Waals surface area contributed by atoms with Gasteiger partial charge in [-0.1, -0.05) is 12.1 Å². The highest BCUT2D eigenvalue weighted by Gasteiger charge is 2.26. The van der Waals surface area contributed by atoms with E-state index in [4.69, 9.17) is 0 Å². The molecule has 0 aliphatic carbocycles. The van der Waals surface area contributed by atoms with E-state index < -0.39 is 14.8 Å². The maximum atomic E-state index is 13.0. The number of carbonyl (C=O) groups is 1. The fourth-order valence-electron chi connectivity index (χ4n) is 3.62. The van der Waals surface area contributed by atoms with Gasteiger partial charge in [-0.2, -0.15) is 0 Å². The van der Waals surface area contributed by atoms with E-state index in [-0.39, 0.29) is 28.1 Å². The minimum Gasteiger partial charge on any atom is -0.366 e. The SMILES string of the molecule is CC(c1ccc(S(C)(=O)=O)cc1)N(C)C(=O)c1ccc(N2CCCC2)c([N+](=O)[O-])c1. The second kappa shape index (κ2) is 8.43. The van der Waals surface area contributed by atoms with Gasteiger partial charge in [0.05, 0.1) is 15.9 Å². The van der Waals surface area contributed by atoms with Crippen molar-refractivity contribution in [2.45, 2.75) is 30.7 Å². The molecular weight excluding hydrogens is 406 g/mol. The summed E-state index contributed by atoms with van der Waals surface area (Å²) in [4.78, 5) is 27.8. The minimum absolute atomic E-state index is 0.0682. The van der Waals surface area contributed by atoms with Crippen molar-refractivity contribution in [3.63, 3.8) is 0 Å². The molecule has 0 aromatic heterocycles. The summed E-state index contributed by atoms with van der Waals surface area (Å²) in [7, 11) is -1.67. The zero-order valence-corrected chi connectivity index (χ0v) is 18.1. The number of hydrogen-bond donors (Lipinski definition) is 0. The summed E-state index contributed by atoms with van der Waals surface area (Å²) in [6, 6.07) is 10.6. The third-order valence-electron chi connectivity index (χ3n) is 5.56. The molecule has 1 aliphatic heterocycles. The lowest BCUT2D eigenvalue weighted by Crippen LogP contribution is -2.30. The summed E-state index contributed by atoms with van der Waals surface area (Å²) in [6.45, 7) is 3.36. The molecule has 2 aromatic rings. The molecule has 0 radical (unpaired) electrons. The Balaban J connectivity index is 1.84. The van der Waals surface area contributed by atoms with E-state index in [1.165, 1.54) is 23.1 Å². The standard InChI is InChI=1S/C21H25N3O5S/c1-15(16-6-9-18(10-7-16)30(3,28)29)22(2)21(25)17-8-11-19(20(14-17)24(26)27)23-12-4-5-13-23/h6-11,14-15H,4-5,12-13H2,1-3H3. The first-order valence-electron chi connectivity index (χ1n) is 9.70. The Morgan fingerprint density at radius 3 is 2.27 bits per heavy atom. The summed E-state index contributed by atoms with van der Waals surface area (Å²) >= 11 is 0. The van der Waals surface area contributed by atoms with Crippen LogP contribution in [0.4, 0.5) is 11.4 Å². The average molecular weight is 432 g/mol. The van der Waals surface area contributed by atoms with E-state index >= 15 is 0 Å². The van der Waals surface area contributed by atoms with Gasteiger partial charge in [0.15, 0.2) is 9.84 Å². The molecule has 1 aliphatic rings. The number of anilines is 1. The third-order valence-corrected chi connectivity index (χ3v) is 6.69. The number of nitro groups is 1. The second-order valence-electron chi connectivity index (χ2n) is 7.59. The van der Waals surface area contributed by atoms with Gasteiger partial charge in [-0.15, -0.1) is 0 Å². The Morgan fingerprint density at radius 1 is 1.13 bits per heavy atom. The van der Waals surface area contributed by atoms with Crippen molar-refractivity contribution in [2.24, 2.45) is 0 Å². The Kier molecular flexibility index (Phi) is 6.12. The first-order valence-corrected chi connectivity index (χ1v) is 11.6. The van der Waals surface area contributed by atoms with Crippen LogP contribution < -0.4 is 4.90 Å². The molecule has 1 unspecified atom stereocenters. The largest absolute Gasteiger partial charge is 0.366 e. The van der Waals surface area contributed by atoms with Gasteiger partial charge < -0.3 is 9.80 Å². The van der Waals surface area contributed by atoms with E-state index in [0.717, 1.165) is 37.8 Å². The smallest absolute Gasteiger partial charge is 0.293 e. The van der Waals surface area contributed by atoms with Crippen LogP contribution in [-0.4, -0.2) is 50.5 Å². The van der Waals surface area contributed by atoms with Gasteiger partial charge in [-0.05, 0) is 49.6 Å². The molecule has 2 aromatic carbocycles. The van der Waals surface area contributed by atoms with Gasteiger partial charge >= 0.3 is 0 Å². The predicted octanol–water partition coefficient (Wildman–Crippen LogP) is 3.43. The van der Waals surface area contributed by atoms with Crippen LogP contribution in [-0.2, 0) is 9.84 Å². The van der Waals surface area contributed by atoms with Crippen molar-refractivity contribution in [1.82, 2.24) is 4.90 Å². The van der Waals surface area contributed by atoms with E-state index in [9.17, 15) is 23.3 Å². The van der Waals surface area contributed by atoms with Crippen molar-refractivity contribution in [1.29, 1.82) is 0 Å². The molecule has 0 saturated carbocycles. The van der Waals surface area contributed by atoms with Crippen LogP contribution in [0, 0.1) is 10.1 Å². The van der Waals surface area contributed by atoms with Gasteiger partial charge in [0.1, 0.15) is 5.69 Å². The van der Waals surface area contributed by atoms with Gasteiger partial charge in [0, 0.05) is 38.0 Å². The molecule has 160 valence electrons. The fourth-order valence-corrected chi connectivity index (χ4v) is 4.26. The van der Waals surface area contributed by atoms with Gasteiger partial charge in [-0.3, -0.25) is 14.9 Å². The summed E-state index contributed by atoms with van der Waals surface area (Å²) in [5, 5.41) is 11.6. The molecule has 0 spiro atoms. The molecule has 1 amide bonds. The molecule has 1 saturated heterocycles. The number of sulfone groups is 1. The van der Waals surface area contributed by atoms with Crippen LogP contribution in [0.15, 0.2) is 47.4 Å². The normalized spacial score (nSPS) is 15.1. The molecule has 8 nitrogen and oxygen atoms in total. The lowest BCUT2D eigenvalue weighted by atomic mass is 10.1. The van der Waals surface area contributed by atoms with Crippen molar-refractivity contribution in [3.05, 3.63) is 63.7 Å². The Morgan fingerprint density at radius 2 is 1.73 bits per heavy atom. The highest BCUT2D eigenvalue weighted by atomic mass is 32.2. The first kappa shape index (κ1) is 21.8. The topological polar surface area (TPSA) is 101 Å². The summed E-state index contributed by atoms with van der Waals surface area (Å²) in [6.07, 6.45) is 3.13. The van der Waals surface area contributed by atoms with Crippen LogP contribution in [0.2, 0.25) is 0 Å². The van der Waals surface area contributed by atoms with Crippen molar-refractivity contribution in [2.75, 3.05) is 31.3 Å². The van der Waals surface area contributed by atoms with Crippen LogP contribution >= 0.6 is 0 Å². The van der Waals surface area contributed by atoms with Gasteiger partial charge in [0.25, 0.3) is 11.6 Å². The minimum atomic E-state index is -3.30. The number of rotatable bonds is 6. The van der Waals surface area contributed by atoms with E-state index in [1.807, 2.05) is 11.8 Å². The fraction of sp³-hybridized carbons (Fsp3) is 0.381. The highest BCUT2D eigenvalue weighted by molar-refractivity contribution is 7.90. The first-order chi connectivity index (χ1) is 14.1. The third kappa shape index (κ3) is 4.46. The number of hydrogen-bond acceptors (Lipinski definition) is 6. The molecule has 1 fully saturated rings. The molecule has 30 heavy (non-hydrogen) atoms. The number of carbonyl (C=O) groups excluding carboxylic acids is 1. The summed E-state index contributed by atoms with van der Waals surface area (Å²) in [5.74, 6) is -0.342. The number of amides is 1. The number of benzene rings is 2. The lowest BCUT2D eigenvalue weighted by Gasteiger charge is -2.26. The zero-order chi connectivity index (χ0) is 22.1. The molecule has 1 atom stereocenters. The number of nitrogens with zero attached hydrogens (tertiary/aromatic N) is 3. The van der Waals surface area contributed by atoms with Crippen LogP contribution in [0.3, 0.4) is 0 Å². The van der Waals surface area contributed by atoms with Crippen LogP contribution in [0.5, 0.6) is 0 Å². The molecular formula is C21H25N3O5S. The molecule has 3 rings (SSSR count). The van der Waals surface area contributed by atoms with Crippen molar-refractivity contribution >= 4 is 27.1 Å². The summed E-state index contributed by atoms with van der Waals surface area (Å²) in [5.41, 5.74) is 1.48. The van der Waals surface area contributed by atoms with Crippen LogP contribution in [0.1, 0.15) is 41.7 Å². The monoisotopic (exact) mass is 431 g/mol. The molecule has 1 heterocycles. The van der Waals surface area contributed by atoms with Crippen molar-refractivity contribution in [3.8, 4) is 0 Å². The lowest BCUT2D eigenvalue weighted by molar-refractivity contribution is -0.384.